The van der Waals surface area contributed by atoms with Crippen molar-refractivity contribution in [3.8, 4) is 5.75 Å². The van der Waals surface area contributed by atoms with E-state index in [9.17, 15) is 4.79 Å². The van der Waals surface area contributed by atoms with Gasteiger partial charge in [-0.15, -0.1) is 12.4 Å². The monoisotopic (exact) mass is 558 g/mol. The molecule has 0 spiro atoms. The van der Waals surface area contributed by atoms with Crippen LogP contribution in [0.4, 0.5) is 5.13 Å². The lowest BCUT2D eigenvalue weighted by molar-refractivity contribution is 0.0947. The minimum Gasteiger partial charge on any atom is -0.497 e. The Morgan fingerprint density at radius 1 is 1.20 bits per heavy atom. The summed E-state index contributed by atoms with van der Waals surface area (Å²) in [7, 11) is 1.69. The van der Waals surface area contributed by atoms with Crippen LogP contribution < -0.4 is 15.0 Å². The van der Waals surface area contributed by atoms with Crippen molar-refractivity contribution in [2.24, 2.45) is 0 Å². The van der Waals surface area contributed by atoms with E-state index in [2.05, 4.69) is 37.7 Å². The molecule has 30 heavy (non-hydrogen) atoms. The number of hydrogen-bond donors (Lipinski definition) is 1. The summed E-state index contributed by atoms with van der Waals surface area (Å²) in [6.07, 6.45) is 0. The summed E-state index contributed by atoms with van der Waals surface area (Å²) in [4.78, 5) is 21.8. The number of methoxy groups -OCH3 is 1. The Morgan fingerprint density at radius 3 is 2.70 bits per heavy atom. The number of nitrogens with one attached hydrogen (secondary N) is 1. The summed E-state index contributed by atoms with van der Waals surface area (Å²) in [5.74, 6) is 0.864. The zero-order chi connectivity index (χ0) is 20.2. The minimum absolute atomic E-state index is 0. The van der Waals surface area contributed by atoms with Crippen LogP contribution >= 0.6 is 46.3 Å². The standard InChI is InChI=1S/C21H23IN4O2S.ClH/c1-28-15-6-7-18-19(14-15)29-21(24-18)26-12-10-25(11-13-26)9-8-23-20(27)16-4-2-3-5-17(16)22;/h2-7,14H,8-13H2,1H3,(H,23,27);1H. The number of carbonyl (C=O) groups excluding carboxylic acids is 1. The largest absolute Gasteiger partial charge is 0.497 e. The summed E-state index contributed by atoms with van der Waals surface area (Å²) < 4.78 is 7.44. The minimum atomic E-state index is -0.00135. The number of hydrogen-bond acceptors (Lipinski definition) is 6. The number of benzene rings is 2. The molecule has 3 aromatic rings. The molecule has 9 heteroatoms. The molecule has 2 aromatic carbocycles. The average molecular weight is 559 g/mol. The number of fused-ring (bicyclic) bond motifs is 1. The molecule has 1 aromatic heterocycles. The SMILES string of the molecule is COc1ccc2nc(N3CCN(CCNC(=O)c4ccccc4I)CC3)sc2c1.Cl. The molecule has 0 atom stereocenters. The number of rotatable bonds is 6. The number of carbonyl (C=O) groups is 1. The number of anilines is 1. The second-order valence-electron chi connectivity index (χ2n) is 6.89. The summed E-state index contributed by atoms with van der Waals surface area (Å²) in [5, 5.41) is 4.11. The molecule has 1 aliphatic rings. The lowest BCUT2D eigenvalue weighted by atomic mass is 10.2. The van der Waals surface area contributed by atoms with Crippen molar-refractivity contribution in [3.05, 3.63) is 51.6 Å². The van der Waals surface area contributed by atoms with E-state index >= 15 is 0 Å². The average Bonchev–Trinajstić information content (AvgIpc) is 3.17. The van der Waals surface area contributed by atoms with Crippen LogP contribution in [0.1, 0.15) is 10.4 Å². The molecule has 0 bridgehead atoms. The fraction of sp³-hybridized carbons (Fsp3) is 0.333. The highest BCUT2D eigenvalue weighted by Crippen LogP contribution is 2.31. The van der Waals surface area contributed by atoms with Gasteiger partial charge in [0.2, 0.25) is 0 Å². The van der Waals surface area contributed by atoms with E-state index < -0.39 is 0 Å². The van der Waals surface area contributed by atoms with Gasteiger partial charge in [-0.1, -0.05) is 23.5 Å². The molecule has 160 valence electrons. The van der Waals surface area contributed by atoms with Crippen molar-refractivity contribution in [3.63, 3.8) is 0 Å². The number of halogens is 2. The molecule has 1 amide bonds. The normalized spacial score (nSPS) is 14.4. The molecule has 1 N–H and O–H groups in total. The number of aromatic nitrogens is 1. The second-order valence-corrected chi connectivity index (χ2v) is 9.07. The molecule has 1 fully saturated rings. The first-order chi connectivity index (χ1) is 14.1. The Labute approximate surface area is 200 Å². The van der Waals surface area contributed by atoms with Gasteiger partial charge in [-0.25, -0.2) is 4.98 Å². The Balaban J connectivity index is 0.00000256. The molecule has 0 aliphatic carbocycles. The Kier molecular flexibility index (Phi) is 8.15. The smallest absolute Gasteiger partial charge is 0.252 e. The molecule has 2 heterocycles. The zero-order valence-electron chi connectivity index (χ0n) is 16.6. The Hall–Kier alpha value is -1.62. The van der Waals surface area contributed by atoms with Crippen LogP contribution in [0.2, 0.25) is 0 Å². The molecule has 0 radical (unpaired) electrons. The van der Waals surface area contributed by atoms with E-state index in [1.165, 1.54) is 0 Å². The van der Waals surface area contributed by atoms with Crippen LogP contribution in [-0.2, 0) is 0 Å². The highest BCUT2D eigenvalue weighted by atomic mass is 127. The highest BCUT2D eigenvalue weighted by Gasteiger charge is 2.20. The van der Waals surface area contributed by atoms with Gasteiger partial charge in [-0.2, -0.15) is 0 Å². The molecular weight excluding hydrogens is 535 g/mol. The third kappa shape index (κ3) is 5.35. The number of amides is 1. The number of piperazine rings is 1. The third-order valence-corrected chi connectivity index (χ3v) is 7.08. The number of thiazole rings is 1. The first-order valence-corrected chi connectivity index (χ1v) is 11.5. The van der Waals surface area contributed by atoms with Gasteiger partial charge in [0.1, 0.15) is 5.75 Å². The van der Waals surface area contributed by atoms with Gasteiger partial charge in [0.15, 0.2) is 5.13 Å². The number of ether oxygens (including phenoxy) is 1. The lowest BCUT2D eigenvalue weighted by Crippen LogP contribution is -2.48. The summed E-state index contributed by atoms with van der Waals surface area (Å²) >= 11 is 3.91. The summed E-state index contributed by atoms with van der Waals surface area (Å²) in [5.41, 5.74) is 1.76. The Morgan fingerprint density at radius 2 is 1.97 bits per heavy atom. The molecule has 0 unspecified atom stereocenters. The van der Waals surface area contributed by atoms with Crippen molar-refractivity contribution >= 4 is 67.6 Å². The van der Waals surface area contributed by atoms with Crippen molar-refractivity contribution < 1.29 is 9.53 Å². The quantitative estimate of drug-likeness (QED) is 0.466. The zero-order valence-corrected chi connectivity index (χ0v) is 20.4. The van der Waals surface area contributed by atoms with Crippen LogP contribution in [0.5, 0.6) is 5.75 Å². The van der Waals surface area contributed by atoms with Gasteiger partial charge in [0, 0.05) is 42.8 Å². The predicted molar refractivity (Wildman–Crippen MR) is 134 cm³/mol. The van der Waals surface area contributed by atoms with Gasteiger partial charge in [0.05, 0.1) is 22.9 Å². The summed E-state index contributed by atoms with van der Waals surface area (Å²) in [6, 6.07) is 13.7. The molecular formula is C21H24ClIN4O2S. The fourth-order valence-corrected chi connectivity index (χ4v) is 5.06. The Bertz CT molecular complexity index is 1010. The molecule has 1 saturated heterocycles. The number of nitrogens with zero attached hydrogens (tertiary/aromatic N) is 3. The predicted octanol–water partition coefficient (Wildman–Crippen LogP) is 3.88. The first kappa shape index (κ1) is 23.1. The van der Waals surface area contributed by atoms with Crippen molar-refractivity contribution in [2.75, 3.05) is 51.3 Å². The van der Waals surface area contributed by atoms with Gasteiger partial charge in [-0.05, 0) is 52.9 Å². The molecule has 4 rings (SSSR count). The third-order valence-electron chi connectivity index (χ3n) is 5.06. The highest BCUT2D eigenvalue weighted by molar-refractivity contribution is 14.1. The van der Waals surface area contributed by atoms with Gasteiger partial charge in [-0.3, -0.25) is 9.69 Å². The second kappa shape index (κ2) is 10.6. The van der Waals surface area contributed by atoms with Crippen LogP contribution in [0.25, 0.3) is 10.2 Å². The van der Waals surface area contributed by atoms with Crippen LogP contribution in [0.15, 0.2) is 42.5 Å². The fourth-order valence-electron chi connectivity index (χ4n) is 3.39. The van der Waals surface area contributed by atoms with Crippen molar-refractivity contribution in [2.45, 2.75) is 0 Å². The maximum absolute atomic E-state index is 12.3. The van der Waals surface area contributed by atoms with E-state index in [4.69, 9.17) is 9.72 Å². The molecule has 6 nitrogen and oxygen atoms in total. The van der Waals surface area contributed by atoms with Crippen LogP contribution in [0.3, 0.4) is 0 Å². The van der Waals surface area contributed by atoms with E-state index in [0.717, 1.165) is 63.0 Å². The van der Waals surface area contributed by atoms with Crippen LogP contribution in [-0.4, -0.2) is 62.2 Å². The van der Waals surface area contributed by atoms with E-state index in [0.29, 0.717) is 6.54 Å². The first-order valence-electron chi connectivity index (χ1n) is 9.58. The van der Waals surface area contributed by atoms with E-state index in [-0.39, 0.29) is 18.3 Å². The van der Waals surface area contributed by atoms with Gasteiger partial charge in [0.25, 0.3) is 5.91 Å². The molecule has 1 aliphatic heterocycles. The topological polar surface area (TPSA) is 57.7 Å². The molecule has 0 saturated carbocycles. The van der Waals surface area contributed by atoms with Crippen molar-refractivity contribution in [1.29, 1.82) is 0 Å². The van der Waals surface area contributed by atoms with Gasteiger partial charge >= 0.3 is 0 Å². The maximum Gasteiger partial charge on any atom is 0.252 e. The summed E-state index contributed by atoms with van der Waals surface area (Å²) in [6.45, 7) is 5.35. The van der Waals surface area contributed by atoms with Crippen LogP contribution in [0, 0.1) is 3.57 Å². The van der Waals surface area contributed by atoms with Crippen molar-refractivity contribution in [1.82, 2.24) is 15.2 Å². The van der Waals surface area contributed by atoms with Gasteiger partial charge < -0.3 is 15.0 Å². The maximum atomic E-state index is 12.3. The van der Waals surface area contributed by atoms with E-state index in [1.807, 2.05) is 42.5 Å². The van der Waals surface area contributed by atoms with E-state index in [1.54, 1.807) is 18.4 Å². The lowest BCUT2D eigenvalue weighted by Gasteiger charge is -2.34.